The van der Waals surface area contributed by atoms with Gasteiger partial charge in [0, 0.05) is 12.0 Å². The minimum absolute atomic E-state index is 0.0309. The second-order valence-corrected chi connectivity index (χ2v) is 13.1. The molecule has 0 spiro atoms. The second-order valence-electron chi connectivity index (χ2n) is 7.74. The van der Waals surface area contributed by atoms with E-state index in [9.17, 15) is 28.5 Å². The van der Waals surface area contributed by atoms with Crippen molar-refractivity contribution in [3.63, 3.8) is 0 Å². The summed E-state index contributed by atoms with van der Waals surface area (Å²) in [5.74, 6) is -0.995. The van der Waals surface area contributed by atoms with E-state index in [0.717, 1.165) is 6.07 Å². The van der Waals surface area contributed by atoms with Crippen molar-refractivity contribution in [2.45, 2.75) is 44.8 Å². The number of nitro groups is 1. The second kappa shape index (κ2) is 10.8. The predicted octanol–water partition coefficient (Wildman–Crippen LogP) is 6.38. The summed E-state index contributed by atoms with van der Waals surface area (Å²) in [4.78, 5) is 10.7. The Kier molecular flexibility index (Phi) is 8.65. The van der Waals surface area contributed by atoms with Crippen molar-refractivity contribution in [3.05, 3.63) is 62.4 Å². The summed E-state index contributed by atoms with van der Waals surface area (Å²) in [6, 6.07) is 8.97. The summed E-state index contributed by atoms with van der Waals surface area (Å²) in [5.41, 5.74) is -0.380. The summed E-state index contributed by atoms with van der Waals surface area (Å²) >= 11 is 2.99. The molecule has 0 aliphatic carbocycles. The van der Waals surface area contributed by atoms with Gasteiger partial charge in [-0.15, -0.1) is 0 Å². The first-order valence-electron chi connectivity index (χ1n) is 9.42. The molecule has 32 heavy (non-hydrogen) atoms. The highest BCUT2D eigenvalue weighted by Gasteiger charge is 2.29. The molecule has 12 heteroatoms. The Morgan fingerprint density at radius 3 is 2.50 bits per heavy atom. The SMILES string of the molecule is C[Si](C)(C)OC(C#N)C[C@@H](Nc1cc(Br)c(F)cc1[N+](=O)[O-])c1ccccc1OC(F)F. The molecule has 2 rings (SSSR count). The monoisotopic (exact) mass is 531 g/mol. The Morgan fingerprint density at radius 1 is 1.28 bits per heavy atom. The van der Waals surface area contributed by atoms with E-state index in [4.69, 9.17) is 4.43 Å². The van der Waals surface area contributed by atoms with Crippen LogP contribution in [0.25, 0.3) is 0 Å². The van der Waals surface area contributed by atoms with Crippen molar-refractivity contribution >= 4 is 35.6 Å². The van der Waals surface area contributed by atoms with Crippen molar-refractivity contribution in [1.29, 1.82) is 5.26 Å². The van der Waals surface area contributed by atoms with Gasteiger partial charge in [0.2, 0.25) is 0 Å². The van der Waals surface area contributed by atoms with E-state index in [1.54, 1.807) is 6.07 Å². The van der Waals surface area contributed by atoms with E-state index in [0.29, 0.717) is 0 Å². The topological polar surface area (TPSA) is 97.4 Å². The highest BCUT2D eigenvalue weighted by molar-refractivity contribution is 9.10. The number of halogens is 4. The summed E-state index contributed by atoms with van der Waals surface area (Å²) in [6.07, 6.45) is -0.960. The van der Waals surface area contributed by atoms with Gasteiger partial charge in [-0.1, -0.05) is 18.2 Å². The number of alkyl halides is 2. The molecule has 0 saturated heterocycles. The van der Waals surface area contributed by atoms with E-state index in [-0.39, 0.29) is 27.9 Å². The molecule has 0 amide bonds. The number of nitrogens with zero attached hydrogens (tertiary/aromatic N) is 2. The van der Waals surface area contributed by atoms with E-state index < -0.39 is 43.5 Å². The molecule has 1 unspecified atom stereocenters. The average molecular weight is 532 g/mol. The largest absolute Gasteiger partial charge is 0.434 e. The van der Waals surface area contributed by atoms with Crippen LogP contribution in [-0.4, -0.2) is 26.0 Å². The molecule has 0 bridgehead atoms. The zero-order valence-electron chi connectivity index (χ0n) is 17.4. The van der Waals surface area contributed by atoms with Gasteiger partial charge in [0.25, 0.3) is 5.69 Å². The Labute approximate surface area is 192 Å². The zero-order valence-corrected chi connectivity index (χ0v) is 20.0. The highest BCUT2D eigenvalue weighted by atomic mass is 79.9. The van der Waals surface area contributed by atoms with Gasteiger partial charge in [-0.2, -0.15) is 14.0 Å². The first kappa shape index (κ1) is 25.6. The van der Waals surface area contributed by atoms with Gasteiger partial charge in [-0.05, 0) is 47.7 Å². The molecule has 0 aliphatic rings. The van der Waals surface area contributed by atoms with Crippen LogP contribution in [0.15, 0.2) is 40.9 Å². The lowest BCUT2D eigenvalue weighted by molar-refractivity contribution is -0.384. The molecule has 7 nitrogen and oxygen atoms in total. The van der Waals surface area contributed by atoms with Crippen LogP contribution in [0.2, 0.25) is 19.6 Å². The van der Waals surface area contributed by atoms with Crippen LogP contribution in [0.4, 0.5) is 24.5 Å². The van der Waals surface area contributed by atoms with Gasteiger partial charge in [0.05, 0.1) is 27.6 Å². The van der Waals surface area contributed by atoms with Gasteiger partial charge in [-0.25, -0.2) is 4.39 Å². The Hall–Kier alpha value is -2.62. The fourth-order valence-corrected chi connectivity index (χ4v) is 4.34. The lowest BCUT2D eigenvalue weighted by Gasteiger charge is -2.27. The first-order chi connectivity index (χ1) is 14.9. The summed E-state index contributed by atoms with van der Waals surface area (Å²) < 4.78 is 50.3. The molecule has 0 fully saturated rings. The van der Waals surface area contributed by atoms with E-state index in [2.05, 4.69) is 26.0 Å². The number of hydrogen-bond donors (Lipinski definition) is 1. The fourth-order valence-electron chi connectivity index (χ4n) is 2.99. The third kappa shape index (κ3) is 7.22. The van der Waals surface area contributed by atoms with E-state index >= 15 is 0 Å². The minimum atomic E-state index is -3.10. The molecule has 0 heterocycles. The third-order valence-corrected chi connectivity index (χ3v) is 5.76. The summed E-state index contributed by atoms with van der Waals surface area (Å²) in [5, 5.41) is 24.0. The van der Waals surface area contributed by atoms with Crippen LogP contribution in [0, 0.1) is 27.3 Å². The number of ether oxygens (including phenoxy) is 1. The molecule has 0 aromatic heterocycles. The van der Waals surface area contributed by atoms with Gasteiger partial charge < -0.3 is 14.5 Å². The minimum Gasteiger partial charge on any atom is -0.434 e. The average Bonchev–Trinajstić information content (AvgIpc) is 2.68. The van der Waals surface area contributed by atoms with Crippen molar-refractivity contribution < 1.29 is 27.3 Å². The van der Waals surface area contributed by atoms with E-state index in [1.165, 1.54) is 24.3 Å². The summed E-state index contributed by atoms with van der Waals surface area (Å²) in [7, 11) is -2.15. The lowest BCUT2D eigenvalue weighted by Crippen LogP contribution is -2.33. The molecule has 0 aliphatic heterocycles. The Balaban J connectivity index is 2.55. The van der Waals surface area contributed by atoms with E-state index in [1.807, 2.05) is 25.7 Å². The normalized spacial score (nSPS) is 13.3. The first-order valence-corrected chi connectivity index (χ1v) is 13.6. The van der Waals surface area contributed by atoms with Crippen molar-refractivity contribution in [2.75, 3.05) is 5.32 Å². The van der Waals surface area contributed by atoms with Crippen LogP contribution >= 0.6 is 15.9 Å². The third-order valence-electron chi connectivity index (χ3n) is 4.17. The maximum atomic E-state index is 13.9. The Bertz CT molecular complexity index is 1010. The Morgan fingerprint density at radius 2 is 1.94 bits per heavy atom. The van der Waals surface area contributed by atoms with Crippen LogP contribution in [-0.2, 0) is 4.43 Å². The molecule has 0 radical (unpaired) electrons. The molecule has 0 saturated carbocycles. The molecular weight excluding hydrogens is 511 g/mol. The van der Waals surface area contributed by atoms with Crippen molar-refractivity contribution in [2.24, 2.45) is 0 Å². The number of nitrogens with one attached hydrogen (secondary N) is 1. The number of nitriles is 1. The smallest absolute Gasteiger partial charge is 0.387 e. The number of hydrogen-bond acceptors (Lipinski definition) is 6. The van der Waals surface area contributed by atoms with Crippen LogP contribution in [0.1, 0.15) is 18.0 Å². The zero-order chi connectivity index (χ0) is 24.1. The van der Waals surface area contributed by atoms with Crippen LogP contribution < -0.4 is 10.1 Å². The quantitative estimate of drug-likeness (QED) is 0.217. The molecule has 1 N–H and O–H groups in total. The molecular formula is C20H21BrF3N3O4Si. The van der Waals surface area contributed by atoms with Gasteiger partial charge >= 0.3 is 6.61 Å². The molecule has 172 valence electrons. The van der Waals surface area contributed by atoms with Crippen LogP contribution in [0.5, 0.6) is 5.75 Å². The lowest BCUT2D eigenvalue weighted by atomic mass is 9.99. The van der Waals surface area contributed by atoms with Gasteiger partial charge in [-0.3, -0.25) is 10.1 Å². The number of benzene rings is 2. The maximum absolute atomic E-state index is 13.9. The number of rotatable bonds is 10. The standard InChI is InChI=1S/C20H21BrF3N3O4Si/c1-32(2,3)31-12(11-25)8-16(13-6-4-5-7-19(13)30-20(23)24)26-17-9-14(21)15(22)10-18(17)27(28)29/h4-7,9-10,12,16,20,26H,8H2,1-3H3/t12?,16-/m1/s1. The predicted molar refractivity (Wildman–Crippen MR) is 119 cm³/mol. The van der Waals surface area contributed by atoms with Gasteiger partial charge in [0.1, 0.15) is 23.4 Å². The van der Waals surface area contributed by atoms with Crippen LogP contribution in [0.3, 0.4) is 0 Å². The molecule has 2 aromatic rings. The van der Waals surface area contributed by atoms with Crippen molar-refractivity contribution in [3.8, 4) is 11.8 Å². The summed E-state index contributed by atoms with van der Waals surface area (Å²) in [6.45, 7) is 2.55. The molecule has 2 atom stereocenters. The maximum Gasteiger partial charge on any atom is 0.387 e. The van der Waals surface area contributed by atoms with Gasteiger partial charge in [0.15, 0.2) is 8.32 Å². The van der Waals surface area contributed by atoms with Crippen molar-refractivity contribution in [1.82, 2.24) is 0 Å². The highest BCUT2D eigenvalue weighted by Crippen LogP contribution is 2.37. The number of para-hydroxylation sites is 1. The molecule has 2 aromatic carbocycles. The number of anilines is 1. The fraction of sp³-hybridized carbons (Fsp3) is 0.350. The number of nitro benzene ring substituents is 1.